The van der Waals surface area contributed by atoms with Crippen LogP contribution in [0.15, 0.2) is 41.9 Å². The van der Waals surface area contributed by atoms with Gasteiger partial charge in [-0.1, -0.05) is 30.3 Å². The zero-order valence-electron chi connectivity index (χ0n) is 12.5. The van der Waals surface area contributed by atoms with Gasteiger partial charge in [0.05, 0.1) is 6.20 Å². The molecule has 2 heterocycles. The van der Waals surface area contributed by atoms with E-state index >= 15 is 0 Å². The highest BCUT2D eigenvalue weighted by Crippen LogP contribution is 2.24. The number of carbonyl (C=O) groups excluding carboxylic acids is 1. The number of H-pyrrole nitrogens is 1. The van der Waals surface area contributed by atoms with Crippen LogP contribution in [0, 0.1) is 0 Å². The van der Waals surface area contributed by atoms with Crippen molar-refractivity contribution in [3.8, 4) is 10.6 Å². The second-order valence-electron chi connectivity index (χ2n) is 5.69. The number of hydrogen-bond donors (Lipinski definition) is 2. The zero-order chi connectivity index (χ0) is 15.6. The molecule has 5 nitrogen and oxygen atoms in total. The highest BCUT2D eigenvalue weighted by molar-refractivity contribution is 7.13. The van der Waals surface area contributed by atoms with Crippen molar-refractivity contribution in [1.29, 1.82) is 0 Å². The molecule has 1 amide bonds. The Balaban J connectivity index is 1.45. The van der Waals surface area contributed by atoms with Gasteiger partial charge in [0, 0.05) is 29.1 Å². The highest BCUT2D eigenvalue weighted by Gasteiger charge is 2.23. The summed E-state index contributed by atoms with van der Waals surface area (Å²) < 4.78 is 0. The summed E-state index contributed by atoms with van der Waals surface area (Å²) in [4.78, 5) is 16.9. The maximum absolute atomic E-state index is 12.4. The predicted molar refractivity (Wildman–Crippen MR) is 89.4 cm³/mol. The van der Waals surface area contributed by atoms with Gasteiger partial charge in [-0.3, -0.25) is 9.89 Å². The SMILES string of the molecule is O=C(N[C@@H]1CCc2cn[nH]c2C1)c1csc(-c2ccccc2)n1. The molecule has 23 heavy (non-hydrogen) atoms. The van der Waals surface area contributed by atoms with Crippen LogP contribution in [0.4, 0.5) is 0 Å². The van der Waals surface area contributed by atoms with E-state index in [4.69, 9.17) is 0 Å². The van der Waals surface area contributed by atoms with Crippen LogP contribution >= 0.6 is 11.3 Å². The number of fused-ring (bicyclic) bond motifs is 1. The minimum atomic E-state index is -0.101. The van der Waals surface area contributed by atoms with Crippen LogP contribution in [0.2, 0.25) is 0 Å². The van der Waals surface area contributed by atoms with Gasteiger partial charge in [-0.25, -0.2) is 4.98 Å². The first-order valence-electron chi connectivity index (χ1n) is 7.62. The van der Waals surface area contributed by atoms with Gasteiger partial charge in [-0.15, -0.1) is 11.3 Å². The highest BCUT2D eigenvalue weighted by atomic mass is 32.1. The molecular formula is C17H16N4OS. The van der Waals surface area contributed by atoms with E-state index in [-0.39, 0.29) is 11.9 Å². The Kier molecular flexibility index (Phi) is 3.67. The molecule has 1 aromatic carbocycles. The number of thiazole rings is 1. The van der Waals surface area contributed by atoms with Crippen molar-refractivity contribution in [2.24, 2.45) is 0 Å². The summed E-state index contributed by atoms with van der Waals surface area (Å²) in [6.07, 6.45) is 4.56. The number of benzene rings is 1. The van der Waals surface area contributed by atoms with E-state index < -0.39 is 0 Å². The van der Waals surface area contributed by atoms with Crippen molar-refractivity contribution in [3.05, 3.63) is 58.9 Å². The summed E-state index contributed by atoms with van der Waals surface area (Å²) in [6, 6.07) is 10.1. The lowest BCUT2D eigenvalue weighted by Crippen LogP contribution is -2.38. The molecule has 0 bridgehead atoms. The summed E-state index contributed by atoms with van der Waals surface area (Å²) in [5.41, 5.74) is 3.92. The average Bonchev–Trinajstić information content (AvgIpc) is 3.24. The number of aromatic nitrogens is 3. The van der Waals surface area contributed by atoms with Crippen LogP contribution in [0.5, 0.6) is 0 Å². The first-order valence-corrected chi connectivity index (χ1v) is 8.50. The van der Waals surface area contributed by atoms with E-state index in [1.807, 2.05) is 41.9 Å². The first kappa shape index (κ1) is 14.1. The Morgan fingerprint density at radius 1 is 1.30 bits per heavy atom. The average molecular weight is 324 g/mol. The Morgan fingerprint density at radius 3 is 3.04 bits per heavy atom. The molecule has 2 N–H and O–H groups in total. The molecule has 0 unspecified atom stereocenters. The van der Waals surface area contributed by atoms with Gasteiger partial charge in [0.25, 0.3) is 5.91 Å². The second kappa shape index (κ2) is 5.96. The van der Waals surface area contributed by atoms with Gasteiger partial charge in [-0.05, 0) is 18.4 Å². The van der Waals surface area contributed by atoms with Crippen molar-refractivity contribution in [2.45, 2.75) is 25.3 Å². The van der Waals surface area contributed by atoms with Gasteiger partial charge in [0.2, 0.25) is 0 Å². The normalized spacial score (nSPS) is 16.8. The van der Waals surface area contributed by atoms with Crippen LogP contribution in [0.25, 0.3) is 10.6 Å². The monoisotopic (exact) mass is 324 g/mol. The third-order valence-corrected chi connectivity index (χ3v) is 5.00. The Labute approximate surface area is 137 Å². The maximum atomic E-state index is 12.4. The molecule has 6 heteroatoms. The van der Waals surface area contributed by atoms with Gasteiger partial charge in [-0.2, -0.15) is 5.10 Å². The van der Waals surface area contributed by atoms with Gasteiger partial charge >= 0.3 is 0 Å². The molecule has 0 saturated carbocycles. The van der Waals surface area contributed by atoms with E-state index in [9.17, 15) is 4.79 Å². The second-order valence-corrected chi connectivity index (χ2v) is 6.55. The smallest absolute Gasteiger partial charge is 0.271 e. The molecule has 3 aromatic rings. The molecule has 2 aromatic heterocycles. The Morgan fingerprint density at radius 2 is 2.17 bits per heavy atom. The molecule has 0 radical (unpaired) electrons. The molecular weight excluding hydrogens is 308 g/mol. The van der Waals surface area contributed by atoms with Crippen LogP contribution in [-0.4, -0.2) is 27.1 Å². The third kappa shape index (κ3) is 2.90. The van der Waals surface area contributed by atoms with Crippen LogP contribution in [-0.2, 0) is 12.8 Å². The minimum absolute atomic E-state index is 0.101. The van der Waals surface area contributed by atoms with Crippen molar-refractivity contribution >= 4 is 17.2 Å². The van der Waals surface area contributed by atoms with Gasteiger partial charge in [0.15, 0.2) is 0 Å². The van der Waals surface area contributed by atoms with Gasteiger partial charge in [0.1, 0.15) is 10.7 Å². The standard InChI is InChI=1S/C17H16N4OS/c22-16(19-13-7-6-12-9-18-21-14(12)8-13)15-10-23-17(20-15)11-4-2-1-3-5-11/h1-5,9-10,13H,6-8H2,(H,18,21)(H,19,22)/t13-/m1/s1. The van der Waals surface area contributed by atoms with Crippen LogP contribution in [0.1, 0.15) is 28.2 Å². The number of nitrogens with one attached hydrogen (secondary N) is 2. The number of amides is 1. The summed E-state index contributed by atoms with van der Waals surface area (Å²) in [5.74, 6) is -0.101. The lowest BCUT2D eigenvalue weighted by atomic mass is 9.94. The summed E-state index contributed by atoms with van der Waals surface area (Å²) >= 11 is 1.49. The molecule has 1 aliphatic rings. The van der Waals surface area contributed by atoms with Crippen LogP contribution < -0.4 is 5.32 Å². The number of nitrogens with zero attached hydrogens (tertiary/aromatic N) is 2. The van der Waals surface area contributed by atoms with Crippen molar-refractivity contribution in [1.82, 2.24) is 20.5 Å². The largest absolute Gasteiger partial charge is 0.348 e. The lowest BCUT2D eigenvalue weighted by Gasteiger charge is -2.22. The maximum Gasteiger partial charge on any atom is 0.271 e. The van der Waals surface area contributed by atoms with E-state index in [1.165, 1.54) is 16.9 Å². The fourth-order valence-corrected chi connectivity index (χ4v) is 3.69. The Bertz CT molecular complexity index is 824. The third-order valence-electron chi connectivity index (χ3n) is 4.11. The molecule has 116 valence electrons. The van der Waals surface area contributed by atoms with Gasteiger partial charge < -0.3 is 5.32 Å². The molecule has 0 aliphatic heterocycles. The lowest BCUT2D eigenvalue weighted by molar-refractivity contribution is 0.0929. The van der Waals surface area contributed by atoms with E-state index in [0.29, 0.717) is 5.69 Å². The van der Waals surface area contributed by atoms with Crippen molar-refractivity contribution in [3.63, 3.8) is 0 Å². The molecule has 4 rings (SSSR count). The topological polar surface area (TPSA) is 70.7 Å². The number of carbonyl (C=O) groups is 1. The molecule has 0 saturated heterocycles. The van der Waals surface area contributed by atoms with E-state index in [0.717, 1.165) is 35.5 Å². The number of hydrogen-bond acceptors (Lipinski definition) is 4. The van der Waals surface area contributed by atoms with Crippen LogP contribution in [0.3, 0.4) is 0 Å². The summed E-state index contributed by atoms with van der Waals surface area (Å²) in [7, 11) is 0. The minimum Gasteiger partial charge on any atom is -0.348 e. The molecule has 1 atom stereocenters. The molecule has 1 aliphatic carbocycles. The fraction of sp³-hybridized carbons (Fsp3) is 0.235. The zero-order valence-corrected chi connectivity index (χ0v) is 13.3. The summed E-state index contributed by atoms with van der Waals surface area (Å²) in [6.45, 7) is 0. The number of aryl methyl sites for hydroxylation is 1. The first-order chi connectivity index (χ1) is 11.3. The molecule has 0 fully saturated rings. The van der Waals surface area contributed by atoms with Crippen molar-refractivity contribution < 1.29 is 4.79 Å². The Hall–Kier alpha value is -2.47. The summed E-state index contributed by atoms with van der Waals surface area (Å²) in [5, 5.41) is 12.9. The van der Waals surface area contributed by atoms with Crippen molar-refractivity contribution in [2.75, 3.05) is 0 Å². The fourth-order valence-electron chi connectivity index (χ4n) is 2.88. The number of aromatic amines is 1. The van der Waals surface area contributed by atoms with E-state index in [1.54, 1.807) is 0 Å². The number of rotatable bonds is 3. The van der Waals surface area contributed by atoms with E-state index in [2.05, 4.69) is 20.5 Å². The quantitative estimate of drug-likeness (QED) is 0.778. The molecule has 0 spiro atoms. The predicted octanol–water partition coefficient (Wildman–Crippen LogP) is 2.82.